The minimum atomic E-state index is -0.336. The van der Waals surface area contributed by atoms with Gasteiger partial charge in [0.2, 0.25) is 11.8 Å². The number of hydrogen-bond acceptors (Lipinski definition) is 6. The monoisotopic (exact) mass is 481 g/mol. The van der Waals surface area contributed by atoms with Gasteiger partial charge in [-0.05, 0) is 44.1 Å². The summed E-state index contributed by atoms with van der Waals surface area (Å²) >= 11 is 0. The van der Waals surface area contributed by atoms with E-state index in [-0.39, 0.29) is 49.1 Å². The summed E-state index contributed by atoms with van der Waals surface area (Å²) in [6.07, 6.45) is 4.63. The summed E-state index contributed by atoms with van der Waals surface area (Å²) in [5.41, 5.74) is 0.950. The zero-order chi connectivity index (χ0) is 24.6. The first kappa shape index (κ1) is 25.0. The molecule has 3 aliphatic rings. The molecule has 35 heavy (non-hydrogen) atoms. The van der Waals surface area contributed by atoms with E-state index in [2.05, 4.69) is 11.4 Å². The van der Waals surface area contributed by atoms with Gasteiger partial charge >= 0.3 is 6.09 Å². The lowest BCUT2D eigenvalue weighted by molar-refractivity contribution is -0.138. The van der Waals surface area contributed by atoms with Crippen LogP contribution in [0.3, 0.4) is 0 Å². The van der Waals surface area contributed by atoms with Crippen LogP contribution < -0.4 is 5.32 Å². The number of rotatable bonds is 6. The molecular formula is C26H35N5O4. The lowest BCUT2D eigenvalue weighted by atomic mass is 9.85. The molecule has 1 saturated carbocycles. The van der Waals surface area contributed by atoms with Crippen molar-refractivity contribution in [2.24, 2.45) is 5.92 Å². The average Bonchev–Trinajstić information content (AvgIpc) is 3.40. The first-order chi connectivity index (χ1) is 17.0. The van der Waals surface area contributed by atoms with Crippen LogP contribution in [0.4, 0.5) is 4.79 Å². The van der Waals surface area contributed by atoms with Crippen molar-refractivity contribution in [3.05, 3.63) is 35.9 Å². The number of hydrogen-bond donors (Lipinski definition) is 1. The number of carbonyl (C=O) groups excluding carboxylic acids is 3. The summed E-state index contributed by atoms with van der Waals surface area (Å²) in [6, 6.07) is 11.7. The zero-order valence-electron chi connectivity index (χ0n) is 20.2. The first-order valence-electron chi connectivity index (χ1n) is 12.7. The molecule has 1 aromatic rings. The van der Waals surface area contributed by atoms with Crippen LogP contribution in [0.15, 0.2) is 30.3 Å². The molecule has 0 unspecified atom stereocenters. The fourth-order valence-electron chi connectivity index (χ4n) is 5.26. The molecule has 9 heteroatoms. The van der Waals surface area contributed by atoms with Crippen molar-refractivity contribution in [1.29, 1.82) is 5.26 Å². The quantitative estimate of drug-likeness (QED) is 0.667. The van der Waals surface area contributed by atoms with E-state index in [1.54, 1.807) is 9.80 Å². The third-order valence-corrected chi connectivity index (χ3v) is 7.40. The van der Waals surface area contributed by atoms with Crippen LogP contribution in [0, 0.1) is 17.2 Å². The molecule has 3 amide bonds. The summed E-state index contributed by atoms with van der Waals surface area (Å²) in [5.74, 6) is 0.167. The first-order valence-corrected chi connectivity index (χ1v) is 12.7. The molecule has 1 N–H and O–H groups in total. The summed E-state index contributed by atoms with van der Waals surface area (Å²) < 4.78 is 5.41. The number of nitrogens with zero attached hydrogens (tertiary/aromatic N) is 4. The highest BCUT2D eigenvalue weighted by atomic mass is 16.6. The van der Waals surface area contributed by atoms with Crippen LogP contribution in [0.1, 0.15) is 44.1 Å². The molecule has 0 aromatic heterocycles. The Morgan fingerprint density at radius 1 is 0.943 bits per heavy atom. The largest absolute Gasteiger partial charge is 0.445 e. The summed E-state index contributed by atoms with van der Waals surface area (Å²) in [7, 11) is 0. The van der Waals surface area contributed by atoms with Crippen molar-refractivity contribution in [1.82, 2.24) is 20.0 Å². The highest BCUT2D eigenvalue weighted by molar-refractivity contribution is 5.80. The Morgan fingerprint density at radius 3 is 2.31 bits per heavy atom. The molecule has 0 spiro atoms. The van der Waals surface area contributed by atoms with Crippen molar-refractivity contribution >= 4 is 17.9 Å². The van der Waals surface area contributed by atoms with E-state index in [9.17, 15) is 19.6 Å². The molecule has 2 saturated heterocycles. The smallest absolute Gasteiger partial charge is 0.410 e. The molecule has 188 valence electrons. The van der Waals surface area contributed by atoms with E-state index in [1.807, 2.05) is 35.2 Å². The van der Waals surface area contributed by atoms with Gasteiger partial charge in [-0.1, -0.05) is 30.3 Å². The lowest BCUT2D eigenvalue weighted by Gasteiger charge is -2.37. The maximum Gasteiger partial charge on any atom is 0.410 e. The van der Waals surface area contributed by atoms with Crippen LogP contribution >= 0.6 is 0 Å². The Kier molecular flexibility index (Phi) is 8.59. The van der Waals surface area contributed by atoms with Crippen molar-refractivity contribution in [3.63, 3.8) is 0 Å². The molecule has 2 aliphatic heterocycles. The minimum Gasteiger partial charge on any atom is -0.445 e. The number of carbonyl (C=O) groups is 3. The average molecular weight is 482 g/mol. The van der Waals surface area contributed by atoms with Crippen molar-refractivity contribution < 1.29 is 19.1 Å². The van der Waals surface area contributed by atoms with Crippen LogP contribution in [0.25, 0.3) is 0 Å². The number of piperazine rings is 1. The Balaban J connectivity index is 1.13. The van der Waals surface area contributed by atoms with Crippen molar-refractivity contribution in [2.75, 3.05) is 39.3 Å². The number of amides is 3. The van der Waals surface area contributed by atoms with Crippen molar-refractivity contribution in [2.45, 2.75) is 57.2 Å². The van der Waals surface area contributed by atoms with Gasteiger partial charge in [-0.15, -0.1) is 0 Å². The van der Waals surface area contributed by atoms with Crippen molar-refractivity contribution in [3.8, 4) is 6.07 Å². The van der Waals surface area contributed by atoms with E-state index in [4.69, 9.17) is 4.74 Å². The summed E-state index contributed by atoms with van der Waals surface area (Å²) in [4.78, 5) is 43.1. The zero-order valence-corrected chi connectivity index (χ0v) is 20.2. The maximum atomic E-state index is 13.0. The number of likely N-dealkylation sites (tertiary alicyclic amines) is 1. The van der Waals surface area contributed by atoms with E-state index < -0.39 is 0 Å². The second-order valence-electron chi connectivity index (χ2n) is 9.66. The third kappa shape index (κ3) is 6.51. The summed E-state index contributed by atoms with van der Waals surface area (Å²) in [5, 5.41) is 12.5. The van der Waals surface area contributed by atoms with Gasteiger partial charge in [0.1, 0.15) is 12.6 Å². The van der Waals surface area contributed by atoms with Gasteiger partial charge in [-0.25, -0.2) is 4.79 Å². The van der Waals surface area contributed by atoms with Gasteiger partial charge in [-0.2, -0.15) is 5.26 Å². The number of benzene rings is 1. The van der Waals surface area contributed by atoms with E-state index in [0.29, 0.717) is 32.7 Å². The molecule has 1 atom stereocenters. The highest BCUT2D eigenvalue weighted by Gasteiger charge is 2.33. The molecule has 2 heterocycles. The number of ether oxygens (including phenoxy) is 1. The Hall–Kier alpha value is -3.12. The molecule has 4 rings (SSSR count). The van der Waals surface area contributed by atoms with Crippen LogP contribution in [0.5, 0.6) is 0 Å². The van der Waals surface area contributed by atoms with E-state index >= 15 is 0 Å². The third-order valence-electron chi connectivity index (χ3n) is 7.40. The van der Waals surface area contributed by atoms with Gasteiger partial charge < -0.3 is 24.8 Å². The fourth-order valence-corrected chi connectivity index (χ4v) is 5.26. The normalized spacial score (nSPS) is 24.7. The van der Waals surface area contributed by atoms with E-state index in [0.717, 1.165) is 44.1 Å². The predicted molar refractivity (Wildman–Crippen MR) is 129 cm³/mol. The number of nitriles is 1. The second-order valence-corrected chi connectivity index (χ2v) is 9.66. The van der Waals surface area contributed by atoms with E-state index in [1.165, 1.54) is 0 Å². The Morgan fingerprint density at radius 2 is 1.63 bits per heavy atom. The summed E-state index contributed by atoms with van der Waals surface area (Å²) in [6.45, 7) is 3.20. The van der Waals surface area contributed by atoms with Gasteiger partial charge in [0, 0.05) is 44.7 Å². The molecule has 9 nitrogen and oxygen atoms in total. The molecular weight excluding hydrogens is 446 g/mol. The van der Waals surface area contributed by atoms with Crippen LogP contribution in [-0.2, 0) is 20.9 Å². The molecule has 1 aliphatic carbocycles. The predicted octanol–water partition coefficient (Wildman–Crippen LogP) is 2.13. The van der Waals surface area contributed by atoms with Crippen LogP contribution in [0.2, 0.25) is 0 Å². The second kappa shape index (κ2) is 12.0. The highest BCUT2D eigenvalue weighted by Crippen LogP contribution is 2.27. The Labute approximate surface area is 207 Å². The van der Waals surface area contributed by atoms with Gasteiger partial charge in [0.25, 0.3) is 0 Å². The standard InChI is InChI=1S/C26H35N5O4/c27-17-23-7-4-12-31(23)24(32)18-28-22-10-8-21(9-11-22)25(33)29-13-15-30(16-14-29)26(34)35-19-20-5-2-1-3-6-20/h1-3,5-6,21-23,28H,4,7-16,18-19H2/t21?,22?,23-/m0/s1. The lowest BCUT2D eigenvalue weighted by Crippen LogP contribution is -2.52. The molecule has 0 radical (unpaired) electrons. The van der Waals surface area contributed by atoms with Crippen LogP contribution in [-0.4, -0.2) is 84.0 Å². The molecule has 0 bridgehead atoms. The SMILES string of the molecule is N#C[C@@H]1CCCN1C(=O)CNC1CCC(C(=O)N2CCN(C(=O)OCc3ccccc3)CC2)CC1. The number of nitrogens with one attached hydrogen (secondary N) is 1. The Bertz CT molecular complexity index is 917. The topological polar surface area (TPSA) is 106 Å². The van der Waals surface area contributed by atoms with Gasteiger partial charge in [0.05, 0.1) is 12.6 Å². The fraction of sp³-hybridized carbons (Fsp3) is 0.615. The van der Waals surface area contributed by atoms with Gasteiger partial charge in [-0.3, -0.25) is 9.59 Å². The molecule has 1 aromatic carbocycles. The minimum absolute atomic E-state index is 0.00175. The molecule has 3 fully saturated rings. The maximum absolute atomic E-state index is 13.0. The van der Waals surface area contributed by atoms with Gasteiger partial charge in [0.15, 0.2) is 0 Å².